The Balaban J connectivity index is 1.79. The lowest BCUT2D eigenvalue weighted by molar-refractivity contribution is 0.0948. The van der Waals surface area contributed by atoms with Crippen LogP contribution in [-0.4, -0.2) is 29.3 Å². The van der Waals surface area contributed by atoms with Gasteiger partial charge in [0.2, 0.25) is 0 Å². The quantitative estimate of drug-likeness (QED) is 0.716. The molecule has 7 heteroatoms. The van der Waals surface area contributed by atoms with Crippen LogP contribution >= 0.6 is 11.3 Å². The Hall–Kier alpha value is -2.67. The van der Waals surface area contributed by atoms with Crippen molar-refractivity contribution in [2.75, 3.05) is 13.7 Å². The first-order valence-corrected chi connectivity index (χ1v) is 9.10. The number of rotatable bonds is 6. The summed E-state index contributed by atoms with van der Waals surface area (Å²) in [4.78, 5) is 12.4. The van der Waals surface area contributed by atoms with Crippen molar-refractivity contribution in [2.45, 2.75) is 19.9 Å². The van der Waals surface area contributed by atoms with E-state index < -0.39 is 5.82 Å². The lowest BCUT2D eigenvalue weighted by Crippen LogP contribution is -2.32. The predicted molar refractivity (Wildman–Crippen MR) is 99.4 cm³/mol. The van der Waals surface area contributed by atoms with Crippen LogP contribution in [0.4, 0.5) is 4.39 Å². The van der Waals surface area contributed by atoms with Gasteiger partial charge in [-0.3, -0.25) is 9.48 Å². The number of halogens is 1. The van der Waals surface area contributed by atoms with Gasteiger partial charge in [-0.2, -0.15) is 16.4 Å². The zero-order valence-electron chi connectivity index (χ0n) is 14.8. The first-order valence-electron chi connectivity index (χ1n) is 8.16. The number of carbonyl (C=O) groups excluding carboxylic acids is 1. The van der Waals surface area contributed by atoms with Gasteiger partial charge in [-0.1, -0.05) is 0 Å². The molecule has 0 saturated carbocycles. The Labute approximate surface area is 155 Å². The van der Waals surface area contributed by atoms with Crippen molar-refractivity contribution >= 4 is 17.2 Å². The van der Waals surface area contributed by atoms with E-state index >= 15 is 0 Å². The molecule has 0 bridgehead atoms. The second-order valence-corrected chi connectivity index (χ2v) is 6.78. The zero-order chi connectivity index (χ0) is 18.7. The summed E-state index contributed by atoms with van der Waals surface area (Å²) in [6.07, 6.45) is 0. The molecule has 0 aliphatic carbocycles. The van der Waals surface area contributed by atoms with Gasteiger partial charge in [0.25, 0.3) is 5.91 Å². The number of nitrogens with zero attached hydrogens (tertiary/aromatic N) is 2. The number of hydrogen-bond acceptors (Lipinski definition) is 4. The Morgan fingerprint density at radius 1 is 1.35 bits per heavy atom. The number of aromatic nitrogens is 2. The van der Waals surface area contributed by atoms with E-state index in [-0.39, 0.29) is 23.3 Å². The van der Waals surface area contributed by atoms with Crippen molar-refractivity contribution in [1.82, 2.24) is 15.1 Å². The van der Waals surface area contributed by atoms with Crippen LogP contribution < -0.4 is 10.1 Å². The number of methoxy groups -OCH3 is 1. The van der Waals surface area contributed by atoms with Gasteiger partial charge in [-0.15, -0.1) is 0 Å². The van der Waals surface area contributed by atoms with Crippen molar-refractivity contribution in [2.24, 2.45) is 0 Å². The molecular weight excluding hydrogens is 353 g/mol. The summed E-state index contributed by atoms with van der Waals surface area (Å²) in [6.45, 7) is 4.28. The number of carbonyl (C=O) groups is 1. The molecule has 26 heavy (non-hydrogen) atoms. The molecule has 0 spiro atoms. The summed E-state index contributed by atoms with van der Waals surface area (Å²) in [7, 11) is 1.39. The fourth-order valence-corrected chi connectivity index (χ4v) is 3.58. The second kappa shape index (κ2) is 7.70. The minimum atomic E-state index is -0.562. The molecule has 0 fully saturated rings. The number of thiophene rings is 1. The van der Waals surface area contributed by atoms with Crippen molar-refractivity contribution < 1.29 is 13.9 Å². The molecule has 0 aliphatic heterocycles. The van der Waals surface area contributed by atoms with Crippen LogP contribution in [0.2, 0.25) is 0 Å². The Kier molecular flexibility index (Phi) is 5.37. The first kappa shape index (κ1) is 18.1. The number of nitrogens with one attached hydrogen (secondary N) is 1. The Morgan fingerprint density at radius 2 is 2.15 bits per heavy atom. The molecule has 3 aromatic rings. The van der Waals surface area contributed by atoms with Crippen LogP contribution in [0, 0.1) is 19.7 Å². The molecule has 5 nitrogen and oxygen atoms in total. The fourth-order valence-electron chi connectivity index (χ4n) is 2.87. The molecule has 0 saturated heterocycles. The molecule has 1 amide bonds. The van der Waals surface area contributed by atoms with Crippen LogP contribution in [0.3, 0.4) is 0 Å². The monoisotopic (exact) mass is 373 g/mol. The lowest BCUT2D eigenvalue weighted by Gasteiger charge is -2.19. The van der Waals surface area contributed by atoms with Crippen LogP contribution in [0.25, 0.3) is 0 Å². The highest BCUT2D eigenvalue weighted by atomic mass is 32.1. The SMILES string of the molecule is COc1ccc(C(=O)NC[C@@H](c2ccsc2)n2nc(C)cc2C)cc1F. The number of ether oxygens (including phenoxy) is 1. The van der Waals surface area contributed by atoms with Crippen molar-refractivity contribution in [3.8, 4) is 5.75 Å². The van der Waals surface area contributed by atoms with Crippen LogP contribution in [0.5, 0.6) is 5.75 Å². The van der Waals surface area contributed by atoms with E-state index in [1.807, 2.05) is 41.4 Å². The maximum atomic E-state index is 13.8. The van der Waals surface area contributed by atoms with E-state index in [9.17, 15) is 9.18 Å². The largest absolute Gasteiger partial charge is 0.494 e. The zero-order valence-corrected chi connectivity index (χ0v) is 15.6. The molecule has 1 aromatic carbocycles. The molecule has 2 aromatic heterocycles. The normalized spacial score (nSPS) is 12.0. The summed E-state index contributed by atoms with van der Waals surface area (Å²) < 4.78 is 20.6. The standard InChI is InChI=1S/C19H20FN3O2S/c1-12-8-13(2)23(22-12)17(15-6-7-26-11-15)10-21-19(24)14-4-5-18(25-3)16(20)9-14/h4-9,11,17H,10H2,1-3H3,(H,21,24)/t17-/m0/s1. The first-order chi connectivity index (χ1) is 12.5. The summed E-state index contributed by atoms with van der Waals surface area (Å²) >= 11 is 1.59. The summed E-state index contributed by atoms with van der Waals surface area (Å²) in [6, 6.07) is 8.06. The average molecular weight is 373 g/mol. The molecule has 136 valence electrons. The molecule has 1 N–H and O–H groups in total. The number of benzene rings is 1. The van der Waals surface area contributed by atoms with E-state index in [0.29, 0.717) is 6.54 Å². The van der Waals surface area contributed by atoms with Gasteiger partial charge in [-0.05, 0) is 60.5 Å². The maximum Gasteiger partial charge on any atom is 0.251 e. The van der Waals surface area contributed by atoms with Crippen LogP contribution in [0.15, 0.2) is 41.1 Å². The Morgan fingerprint density at radius 3 is 2.73 bits per heavy atom. The van der Waals surface area contributed by atoms with Gasteiger partial charge < -0.3 is 10.1 Å². The third-order valence-corrected chi connectivity index (χ3v) is 4.84. The molecular formula is C19H20FN3O2S. The van der Waals surface area contributed by atoms with Crippen molar-refractivity contribution in [1.29, 1.82) is 0 Å². The number of hydrogen-bond donors (Lipinski definition) is 1. The van der Waals surface area contributed by atoms with Gasteiger partial charge in [0.05, 0.1) is 18.8 Å². The maximum absolute atomic E-state index is 13.8. The fraction of sp³-hybridized carbons (Fsp3) is 0.263. The van der Waals surface area contributed by atoms with E-state index in [0.717, 1.165) is 17.0 Å². The molecule has 1 atom stereocenters. The minimum Gasteiger partial charge on any atom is -0.494 e. The second-order valence-electron chi connectivity index (χ2n) is 6.00. The summed E-state index contributed by atoms with van der Waals surface area (Å²) in [5, 5.41) is 11.5. The average Bonchev–Trinajstić information content (AvgIpc) is 3.25. The number of amides is 1. The van der Waals surface area contributed by atoms with Crippen molar-refractivity contribution in [3.05, 3.63) is 69.4 Å². The smallest absolute Gasteiger partial charge is 0.251 e. The summed E-state index contributed by atoms with van der Waals surface area (Å²) in [5.74, 6) is -0.790. The third-order valence-electron chi connectivity index (χ3n) is 4.14. The topological polar surface area (TPSA) is 56.1 Å². The van der Waals surface area contributed by atoms with Gasteiger partial charge in [-0.25, -0.2) is 4.39 Å². The molecule has 0 radical (unpaired) electrons. The van der Waals surface area contributed by atoms with E-state index in [1.165, 1.54) is 19.2 Å². The highest BCUT2D eigenvalue weighted by molar-refractivity contribution is 7.07. The molecule has 0 unspecified atom stereocenters. The lowest BCUT2D eigenvalue weighted by atomic mass is 10.1. The molecule has 2 heterocycles. The predicted octanol–water partition coefficient (Wildman–Crippen LogP) is 3.73. The van der Waals surface area contributed by atoms with Crippen LogP contribution in [-0.2, 0) is 0 Å². The highest BCUT2D eigenvalue weighted by Crippen LogP contribution is 2.23. The van der Waals surface area contributed by atoms with Gasteiger partial charge >= 0.3 is 0 Å². The highest BCUT2D eigenvalue weighted by Gasteiger charge is 2.19. The van der Waals surface area contributed by atoms with Crippen molar-refractivity contribution in [3.63, 3.8) is 0 Å². The van der Waals surface area contributed by atoms with E-state index in [2.05, 4.69) is 10.4 Å². The van der Waals surface area contributed by atoms with Gasteiger partial charge in [0.15, 0.2) is 11.6 Å². The summed E-state index contributed by atoms with van der Waals surface area (Å²) in [5.41, 5.74) is 3.26. The number of aryl methyl sites for hydroxylation is 2. The molecule has 0 aliphatic rings. The van der Waals surface area contributed by atoms with Gasteiger partial charge in [0, 0.05) is 17.8 Å². The molecule has 3 rings (SSSR count). The minimum absolute atomic E-state index is 0.111. The van der Waals surface area contributed by atoms with E-state index in [1.54, 1.807) is 17.4 Å². The van der Waals surface area contributed by atoms with Crippen LogP contribution in [0.1, 0.15) is 33.4 Å². The van der Waals surface area contributed by atoms with Gasteiger partial charge in [0.1, 0.15) is 0 Å². The third kappa shape index (κ3) is 3.77. The van der Waals surface area contributed by atoms with E-state index in [4.69, 9.17) is 4.74 Å². The Bertz CT molecular complexity index is 906.